The summed E-state index contributed by atoms with van der Waals surface area (Å²) in [5, 5.41) is 10.2. The van der Waals surface area contributed by atoms with Crippen LogP contribution in [0.5, 0.6) is 5.75 Å². The average molecular weight is 359 g/mol. The molecule has 21 heavy (non-hydrogen) atoms. The number of carbonyl (C=O) groups excluding carboxylic acids is 1. The zero-order valence-corrected chi connectivity index (χ0v) is 14.8. The van der Waals surface area contributed by atoms with E-state index in [2.05, 4.69) is 15.9 Å². The summed E-state index contributed by atoms with van der Waals surface area (Å²) < 4.78 is 11.4. The van der Waals surface area contributed by atoms with Crippen LogP contribution in [0.3, 0.4) is 0 Å². The number of hydrogen-bond acceptors (Lipinski definition) is 4. The predicted octanol–water partition coefficient (Wildman–Crippen LogP) is 4.28. The third-order valence-corrected chi connectivity index (χ3v) is 3.17. The topological polar surface area (TPSA) is 55.8 Å². The normalized spacial score (nSPS) is 11.8. The van der Waals surface area contributed by atoms with Crippen molar-refractivity contribution in [1.29, 1.82) is 0 Å². The lowest BCUT2D eigenvalue weighted by atomic mass is 10.1. The maximum absolute atomic E-state index is 12.3. The molecule has 1 aromatic carbocycles. The number of halogens is 1. The second-order valence-electron chi connectivity index (χ2n) is 6.34. The highest BCUT2D eigenvalue weighted by atomic mass is 79.9. The second-order valence-corrected chi connectivity index (χ2v) is 7.20. The molecule has 0 fully saturated rings. The Bertz CT molecular complexity index is 504. The van der Waals surface area contributed by atoms with Gasteiger partial charge in [0, 0.05) is 6.61 Å². The van der Waals surface area contributed by atoms with E-state index < -0.39 is 11.6 Å². The molecule has 1 rings (SSSR count). The van der Waals surface area contributed by atoms with Gasteiger partial charge in [0.05, 0.1) is 11.1 Å². The lowest BCUT2D eigenvalue weighted by Crippen LogP contribution is -2.25. The van der Waals surface area contributed by atoms with Gasteiger partial charge in [0.25, 0.3) is 0 Å². The van der Waals surface area contributed by atoms with Gasteiger partial charge in [-0.1, -0.05) is 19.9 Å². The molecule has 0 spiro atoms. The molecule has 0 amide bonds. The Morgan fingerprint density at radius 1 is 1.33 bits per heavy atom. The van der Waals surface area contributed by atoms with Crippen LogP contribution in [0.15, 0.2) is 16.6 Å². The van der Waals surface area contributed by atoms with Gasteiger partial charge < -0.3 is 14.6 Å². The molecule has 118 valence electrons. The SMILES string of the molecule is CC(C)COCc1ccc(Br)c(O)c1C(=O)OC(C)(C)C. The molecule has 1 aromatic rings. The van der Waals surface area contributed by atoms with Crippen molar-refractivity contribution in [2.75, 3.05) is 6.61 Å². The highest BCUT2D eigenvalue weighted by Gasteiger charge is 2.24. The summed E-state index contributed by atoms with van der Waals surface area (Å²) in [5.41, 5.74) is 0.149. The van der Waals surface area contributed by atoms with Crippen LogP contribution in [0.2, 0.25) is 0 Å². The maximum Gasteiger partial charge on any atom is 0.342 e. The van der Waals surface area contributed by atoms with Crippen LogP contribution in [0.25, 0.3) is 0 Å². The van der Waals surface area contributed by atoms with E-state index in [0.717, 1.165) is 0 Å². The second kappa shape index (κ2) is 7.27. The molecule has 0 aliphatic carbocycles. The monoisotopic (exact) mass is 358 g/mol. The Morgan fingerprint density at radius 2 is 1.95 bits per heavy atom. The third-order valence-electron chi connectivity index (χ3n) is 2.53. The van der Waals surface area contributed by atoms with Gasteiger partial charge in [-0.25, -0.2) is 4.79 Å². The van der Waals surface area contributed by atoms with Crippen molar-refractivity contribution in [2.24, 2.45) is 5.92 Å². The molecule has 0 radical (unpaired) electrons. The van der Waals surface area contributed by atoms with E-state index >= 15 is 0 Å². The molecular formula is C16H23BrO4. The van der Waals surface area contributed by atoms with Gasteiger partial charge in [0.15, 0.2) is 0 Å². The molecule has 0 aliphatic heterocycles. The first kappa shape index (κ1) is 18.0. The van der Waals surface area contributed by atoms with Crippen molar-refractivity contribution in [1.82, 2.24) is 0 Å². The molecule has 0 atom stereocenters. The largest absolute Gasteiger partial charge is 0.506 e. The zero-order chi connectivity index (χ0) is 16.2. The van der Waals surface area contributed by atoms with E-state index in [1.165, 1.54) is 0 Å². The van der Waals surface area contributed by atoms with Crippen molar-refractivity contribution in [3.05, 3.63) is 27.7 Å². The lowest BCUT2D eigenvalue weighted by molar-refractivity contribution is 0.00609. The van der Waals surface area contributed by atoms with Crippen molar-refractivity contribution in [2.45, 2.75) is 46.8 Å². The number of carbonyl (C=O) groups is 1. The molecule has 5 heteroatoms. The van der Waals surface area contributed by atoms with Gasteiger partial charge in [0.1, 0.15) is 16.9 Å². The first-order valence-corrected chi connectivity index (χ1v) is 7.72. The molecule has 0 saturated carbocycles. The standard InChI is InChI=1S/C16H23BrO4/c1-10(2)8-20-9-11-6-7-12(17)14(18)13(11)15(19)21-16(3,4)5/h6-7,10,18H,8-9H2,1-5H3. The maximum atomic E-state index is 12.3. The number of phenols is 1. The first-order valence-electron chi connectivity index (χ1n) is 6.93. The molecule has 0 aromatic heterocycles. The Labute approximate surface area is 134 Å². The van der Waals surface area contributed by atoms with Gasteiger partial charge in [-0.05, 0) is 54.2 Å². The fourth-order valence-corrected chi connectivity index (χ4v) is 2.02. The van der Waals surface area contributed by atoms with Crippen molar-refractivity contribution in [3.63, 3.8) is 0 Å². The molecule has 4 nitrogen and oxygen atoms in total. The van der Waals surface area contributed by atoms with Crippen molar-refractivity contribution in [3.8, 4) is 5.75 Å². The van der Waals surface area contributed by atoms with Crippen molar-refractivity contribution >= 4 is 21.9 Å². The summed E-state index contributed by atoms with van der Waals surface area (Å²) >= 11 is 3.22. The van der Waals surface area contributed by atoms with E-state index in [1.54, 1.807) is 32.9 Å². The summed E-state index contributed by atoms with van der Waals surface area (Å²) in [6, 6.07) is 3.45. The minimum absolute atomic E-state index is 0.116. The minimum Gasteiger partial charge on any atom is -0.506 e. The number of rotatable bonds is 5. The fraction of sp³-hybridized carbons (Fsp3) is 0.562. The predicted molar refractivity (Wildman–Crippen MR) is 85.5 cm³/mol. The summed E-state index contributed by atoms with van der Waals surface area (Å²) in [4.78, 5) is 12.3. The Balaban J connectivity index is 3.03. The number of aromatic hydroxyl groups is 1. The smallest absolute Gasteiger partial charge is 0.342 e. The molecule has 0 bridgehead atoms. The molecular weight excluding hydrogens is 336 g/mol. The molecule has 0 saturated heterocycles. The number of ether oxygens (including phenoxy) is 2. The number of phenolic OH excluding ortho intramolecular Hbond substituents is 1. The summed E-state index contributed by atoms with van der Waals surface area (Å²) in [5.74, 6) is -0.265. The van der Waals surface area contributed by atoms with E-state index in [0.29, 0.717) is 22.6 Å². The van der Waals surface area contributed by atoms with Crippen LogP contribution >= 0.6 is 15.9 Å². The average Bonchev–Trinajstić information content (AvgIpc) is 2.31. The minimum atomic E-state index is -0.623. The van der Waals surface area contributed by atoms with Crippen LogP contribution in [-0.4, -0.2) is 23.3 Å². The van der Waals surface area contributed by atoms with E-state index in [9.17, 15) is 9.90 Å². The Morgan fingerprint density at radius 3 is 2.48 bits per heavy atom. The van der Waals surface area contributed by atoms with Gasteiger partial charge in [0.2, 0.25) is 0 Å². The zero-order valence-electron chi connectivity index (χ0n) is 13.2. The number of esters is 1. The Hall–Kier alpha value is -1.07. The highest BCUT2D eigenvalue weighted by Crippen LogP contribution is 2.32. The van der Waals surface area contributed by atoms with Gasteiger partial charge in [-0.15, -0.1) is 0 Å². The lowest BCUT2D eigenvalue weighted by Gasteiger charge is -2.21. The third kappa shape index (κ3) is 5.67. The van der Waals surface area contributed by atoms with Gasteiger partial charge >= 0.3 is 5.97 Å². The molecule has 0 aliphatic rings. The van der Waals surface area contributed by atoms with E-state index in [1.807, 2.05) is 13.8 Å². The molecule has 0 heterocycles. The molecule has 0 unspecified atom stereocenters. The summed E-state index contributed by atoms with van der Waals surface area (Å²) in [7, 11) is 0. The molecule has 1 N–H and O–H groups in total. The number of hydrogen-bond donors (Lipinski definition) is 1. The fourth-order valence-electron chi connectivity index (χ4n) is 1.69. The van der Waals surface area contributed by atoms with Gasteiger partial charge in [-0.2, -0.15) is 0 Å². The summed E-state index contributed by atoms with van der Waals surface area (Å²) in [6.07, 6.45) is 0. The van der Waals surface area contributed by atoms with Crippen LogP contribution in [0, 0.1) is 5.92 Å². The van der Waals surface area contributed by atoms with Crippen LogP contribution in [0.1, 0.15) is 50.5 Å². The first-order chi connectivity index (χ1) is 9.61. The van der Waals surface area contributed by atoms with Crippen LogP contribution < -0.4 is 0 Å². The van der Waals surface area contributed by atoms with Crippen LogP contribution in [-0.2, 0) is 16.1 Å². The quantitative estimate of drug-likeness (QED) is 0.798. The number of benzene rings is 1. The van der Waals surface area contributed by atoms with Crippen molar-refractivity contribution < 1.29 is 19.4 Å². The van der Waals surface area contributed by atoms with E-state index in [4.69, 9.17) is 9.47 Å². The Kier molecular flexibility index (Phi) is 6.23. The van der Waals surface area contributed by atoms with Crippen LogP contribution in [0.4, 0.5) is 0 Å². The van der Waals surface area contributed by atoms with E-state index in [-0.39, 0.29) is 17.9 Å². The summed E-state index contributed by atoms with van der Waals surface area (Å²) in [6.45, 7) is 10.3. The highest BCUT2D eigenvalue weighted by molar-refractivity contribution is 9.10. The van der Waals surface area contributed by atoms with Gasteiger partial charge in [-0.3, -0.25) is 0 Å².